The van der Waals surface area contributed by atoms with Crippen LogP contribution in [0.5, 0.6) is 0 Å². The second-order valence-electron chi connectivity index (χ2n) is 4.79. The molecule has 1 aromatic carbocycles. The van der Waals surface area contributed by atoms with Crippen LogP contribution in [0.4, 0.5) is 0 Å². The van der Waals surface area contributed by atoms with Crippen LogP contribution < -0.4 is 0 Å². The van der Waals surface area contributed by atoms with E-state index in [0.29, 0.717) is 0 Å². The lowest BCUT2D eigenvalue weighted by molar-refractivity contribution is 0.0881. The van der Waals surface area contributed by atoms with Crippen molar-refractivity contribution in [1.82, 2.24) is 0 Å². The summed E-state index contributed by atoms with van der Waals surface area (Å²) in [6.07, 6.45) is 3.11. The molecule has 0 radical (unpaired) electrons. The second-order valence-corrected chi connectivity index (χ2v) is 4.79. The van der Waals surface area contributed by atoms with E-state index in [9.17, 15) is 4.79 Å². The number of benzene rings is 1. The SMILES string of the molecule is C=C1c2ccccc2C(=O)C1(C)CCCC. The Bertz CT molecular complexity index is 408. The van der Waals surface area contributed by atoms with E-state index in [0.717, 1.165) is 36.0 Å². The van der Waals surface area contributed by atoms with Crippen LogP contribution in [0.15, 0.2) is 30.8 Å². The lowest BCUT2D eigenvalue weighted by Gasteiger charge is -2.23. The zero-order chi connectivity index (χ0) is 11.8. The maximum atomic E-state index is 12.4. The molecule has 2 rings (SSSR count). The van der Waals surface area contributed by atoms with Gasteiger partial charge in [0.05, 0.1) is 5.41 Å². The Labute approximate surface area is 97.2 Å². The van der Waals surface area contributed by atoms with Gasteiger partial charge in [0.15, 0.2) is 5.78 Å². The van der Waals surface area contributed by atoms with Crippen molar-refractivity contribution < 1.29 is 4.79 Å². The standard InChI is InChI=1S/C15H18O/c1-4-5-10-15(3)11(2)12-8-6-7-9-13(12)14(15)16/h6-9H,2,4-5,10H2,1,3H3. The lowest BCUT2D eigenvalue weighted by Crippen LogP contribution is -2.22. The highest BCUT2D eigenvalue weighted by molar-refractivity contribution is 6.16. The highest BCUT2D eigenvalue weighted by atomic mass is 16.1. The van der Waals surface area contributed by atoms with Crippen LogP contribution in [0.1, 0.15) is 49.0 Å². The molecule has 1 atom stereocenters. The van der Waals surface area contributed by atoms with Gasteiger partial charge in [0.1, 0.15) is 0 Å². The van der Waals surface area contributed by atoms with Gasteiger partial charge in [-0.05, 0) is 24.5 Å². The fraction of sp³-hybridized carbons (Fsp3) is 0.400. The molecule has 0 heterocycles. The summed E-state index contributed by atoms with van der Waals surface area (Å²) in [7, 11) is 0. The first-order chi connectivity index (χ1) is 7.61. The predicted molar refractivity (Wildman–Crippen MR) is 67.4 cm³/mol. The van der Waals surface area contributed by atoms with Crippen LogP contribution in [-0.2, 0) is 0 Å². The molecule has 0 bridgehead atoms. The summed E-state index contributed by atoms with van der Waals surface area (Å²) < 4.78 is 0. The molecule has 16 heavy (non-hydrogen) atoms. The molecule has 0 fully saturated rings. The Balaban J connectivity index is 2.41. The maximum absolute atomic E-state index is 12.4. The van der Waals surface area contributed by atoms with Gasteiger partial charge in [0, 0.05) is 5.56 Å². The van der Waals surface area contributed by atoms with E-state index in [-0.39, 0.29) is 11.2 Å². The van der Waals surface area contributed by atoms with Crippen molar-refractivity contribution in [2.45, 2.75) is 33.1 Å². The molecule has 1 aliphatic rings. The minimum atomic E-state index is -0.361. The summed E-state index contributed by atoms with van der Waals surface area (Å²) in [5.41, 5.74) is 2.54. The summed E-state index contributed by atoms with van der Waals surface area (Å²) in [6.45, 7) is 8.32. The van der Waals surface area contributed by atoms with E-state index in [1.54, 1.807) is 0 Å². The van der Waals surface area contributed by atoms with Crippen molar-refractivity contribution in [2.24, 2.45) is 5.41 Å². The topological polar surface area (TPSA) is 17.1 Å². The molecule has 0 amide bonds. The molecule has 1 heteroatoms. The molecule has 0 saturated heterocycles. The largest absolute Gasteiger partial charge is 0.293 e. The minimum Gasteiger partial charge on any atom is -0.293 e. The molecule has 0 aromatic heterocycles. The normalized spacial score (nSPS) is 23.6. The molecule has 0 spiro atoms. The van der Waals surface area contributed by atoms with Crippen LogP contribution in [0.25, 0.3) is 5.57 Å². The number of carbonyl (C=O) groups is 1. The zero-order valence-electron chi connectivity index (χ0n) is 10.0. The third-order valence-electron chi connectivity index (χ3n) is 3.69. The van der Waals surface area contributed by atoms with Crippen LogP contribution in [0.3, 0.4) is 0 Å². The molecular weight excluding hydrogens is 196 g/mol. The van der Waals surface area contributed by atoms with Crippen molar-refractivity contribution >= 4 is 11.4 Å². The van der Waals surface area contributed by atoms with Crippen molar-refractivity contribution in [2.75, 3.05) is 0 Å². The Morgan fingerprint density at radius 3 is 2.44 bits per heavy atom. The third-order valence-corrected chi connectivity index (χ3v) is 3.69. The Hall–Kier alpha value is -1.37. The number of unbranched alkanes of at least 4 members (excludes halogenated alkanes) is 1. The summed E-state index contributed by atoms with van der Waals surface area (Å²) in [4.78, 5) is 12.4. The summed E-state index contributed by atoms with van der Waals surface area (Å²) in [5.74, 6) is 0.251. The van der Waals surface area contributed by atoms with Gasteiger partial charge in [0.25, 0.3) is 0 Å². The number of rotatable bonds is 3. The third kappa shape index (κ3) is 1.42. The first-order valence-electron chi connectivity index (χ1n) is 5.95. The second kappa shape index (κ2) is 3.89. The van der Waals surface area contributed by atoms with Crippen LogP contribution >= 0.6 is 0 Å². The Kier molecular flexibility index (Phi) is 2.71. The molecule has 0 N–H and O–H groups in total. The van der Waals surface area contributed by atoms with E-state index in [2.05, 4.69) is 13.5 Å². The fourth-order valence-corrected chi connectivity index (χ4v) is 2.47. The molecule has 84 valence electrons. The number of hydrogen-bond acceptors (Lipinski definition) is 1. The summed E-state index contributed by atoms with van der Waals surface area (Å²) in [5, 5.41) is 0. The molecule has 1 unspecified atom stereocenters. The van der Waals surface area contributed by atoms with Crippen LogP contribution in [-0.4, -0.2) is 5.78 Å². The summed E-state index contributed by atoms with van der Waals surface area (Å²) >= 11 is 0. The van der Waals surface area contributed by atoms with Gasteiger partial charge < -0.3 is 0 Å². The van der Waals surface area contributed by atoms with Gasteiger partial charge in [0.2, 0.25) is 0 Å². The number of fused-ring (bicyclic) bond motifs is 1. The average molecular weight is 214 g/mol. The van der Waals surface area contributed by atoms with E-state index in [1.165, 1.54) is 0 Å². The highest BCUT2D eigenvalue weighted by Crippen LogP contribution is 2.48. The monoisotopic (exact) mass is 214 g/mol. The number of Topliss-reactive ketones (excluding diaryl/α,β-unsaturated/α-hetero) is 1. The average Bonchev–Trinajstić information content (AvgIpc) is 2.51. The maximum Gasteiger partial charge on any atom is 0.173 e. The highest BCUT2D eigenvalue weighted by Gasteiger charge is 2.43. The predicted octanol–water partition coefficient (Wildman–Crippen LogP) is 4.09. The number of carbonyl (C=O) groups excluding carboxylic acids is 1. The van der Waals surface area contributed by atoms with Gasteiger partial charge in [-0.15, -0.1) is 0 Å². The van der Waals surface area contributed by atoms with Gasteiger partial charge in [-0.25, -0.2) is 0 Å². The van der Waals surface area contributed by atoms with E-state index in [4.69, 9.17) is 0 Å². The minimum absolute atomic E-state index is 0.251. The molecule has 1 aromatic rings. The van der Waals surface area contributed by atoms with Crippen molar-refractivity contribution in [3.63, 3.8) is 0 Å². The molecular formula is C15H18O. The fourth-order valence-electron chi connectivity index (χ4n) is 2.47. The van der Waals surface area contributed by atoms with Crippen LogP contribution in [0.2, 0.25) is 0 Å². The van der Waals surface area contributed by atoms with Crippen molar-refractivity contribution in [3.05, 3.63) is 42.0 Å². The number of ketones is 1. The first kappa shape index (κ1) is 11.1. The molecule has 0 aliphatic heterocycles. The quantitative estimate of drug-likeness (QED) is 0.740. The van der Waals surface area contributed by atoms with Crippen molar-refractivity contribution in [1.29, 1.82) is 0 Å². The zero-order valence-corrected chi connectivity index (χ0v) is 10.0. The van der Waals surface area contributed by atoms with Crippen LogP contribution in [0, 0.1) is 5.41 Å². The van der Waals surface area contributed by atoms with Gasteiger partial charge in [-0.1, -0.05) is 50.6 Å². The lowest BCUT2D eigenvalue weighted by atomic mass is 9.78. The summed E-state index contributed by atoms with van der Waals surface area (Å²) in [6, 6.07) is 7.82. The van der Waals surface area contributed by atoms with E-state index >= 15 is 0 Å². The Morgan fingerprint density at radius 2 is 1.88 bits per heavy atom. The van der Waals surface area contributed by atoms with E-state index < -0.39 is 0 Å². The molecule has 1 aliphatic carbocycles. The van der Waals surface area contributed by atoms with Crippen molar-refractivity contribution in [3.8, 4) is 0 Å². The van der Waals surface area contributed by atoms with Gasteiger partial charge in [-0.2, -0.15) is 0 Å². The number of hydrogen-bond donors (Lipinski definition) is 0. The van der Waals surface area contributed by atoms with E-state index in [1.807, 2.05) is 31.2 Å². The van der Waals surface area contributed by atoms with Gasteiger partial charge in [-0.3, -0.25) is 4.79 Å². The molecule has 1 nitrogen and oxygen atoms in total. The smallest absolute Gasteiger partial charge is 0.173 e. The number of allylic oxidation sites excluding steroid dienone is 1. The first-order valence-corrected chi connectivity index (χ1v) is 5.95. The Morgan fingerprint density at radius 1 is 1.25 bits per heavy atom. The van der Waals surface area contributed by atoms with Gasteiger partial charge >= 0.3 is 0 Å². The molecule has 0 saturated carbocycles.